The second kappa shape index (κ2) is 6.66. The molecule has 120 valence electrons. The highest BCUT2D eigenvalue weighted by atomic mass is 16.3. The number of carbonyl (C=O) groups is 1. The number of fused-ring (bicyclic) bond motifs is 2. The van der Waals surface area contributed by atoms with Gasteiger partial charge in [-0.2, -0.15) is 0 Å². The number of amides is 1. The lowest BCUT2D eigenvalue weighted by atomic mass is 9.84. The van der Waals surface area contributed by atoms with Gasteiger partial charge in [0.1, 0.15) is 0 Å². The normalized spacial score (nSPS) is 33.2. The first-order valence-corrected chi connectivity index (χ1v) is 8.81. The van der Waals surface area contributed by atoms with Crippen molar-refractivity contribution < 1.29 is 9.90 Å². The van der Waals surface area contributed by atoms with Gasteiger partial charge in [0.25, 0.3) is 0 Å². The summed E-state index contributed by atoms with van der Waals surface area (Å²) in [6, 6.07) is 0.825. The number of hydrogen-bond acceptors (Lipinski definition) is 3. The fourth-order valence-corrected chi connectivity index (χ4v) is 4.77. The zero-order valence-corrected chi connectivity index (χ0v) is 13.3. The highest BCUT2D eigenvalue weighted by Crippen LogP contribution is 2.49. The van der Waals surface area contributed by atoms with Crippen molar-refractivity contribution in [3.05, 3.63) is 0 Å². The van der Waals surface area contributed by atoms with Crippen molar-refractivity contribution in [3.63, 3.8) is 0 Å². The number of nitrogens with zero attached hydrogens (tertiary/aromatic N) is 1. The van der Waals surface area contributed by atoms with E-state index >= 15 is 0 Å². The highest BCUT2D eigenvalue weighted by Gasteiger charge is 2.42. The largest absolute Gasteiger partial charge is 0.395 e. The Kier molecular flexibility index (Phi) is 4.85. The lowest BCUT2D eigenvalue weighted by Gasteiger charge is -2.37. The number of aliphatic hydroxyl groups is 1. The average molecular weight is 294 g/mol. The van der Waals surface area contributed by atoms with Crippen LogP contribution >= 0.6 is 0 Å². The van der Waals surface area contributed by atoms with E-state index in [9.17, 15) is 9.90 Å². The Balaban J connectivity index is 1.46. The molecule has 0 aromatic heterocycles. The maximum atomic E-state index is 12.3. The molecule has 4 heteroatoms. The molecule has 4 atom stereocenters. The molecule has 2 N–H and O–H groups in total. The summed E-state index contributed by atoms with van der Waals surface area (Å²) in [6.07, 6.45) is 9.10. The van der Waals surface area contributed by atoms with Crippen LogP contribution in [-0.4, -0.2) is 47.7 Å². The Morgan fingerprint density at radius 3 is 2.62 bits per heavy atom. The Bertz CT molecular complexity index is 370. The van der Waals surface area contributed by atoms with Gasteiger partial charge in [-0.15, -0.1) is 0 Å². The van der Waals surface area contributed by atoms with E-state index in [1.165, 1.54) is 44.9 Å². The van der Waals surface area contributed by atoms with E-state index in [0.717, 1.165) is 11.8 Å². The predicted octanol–water partition coefficient (Wildman–Crippen LogP) is 1.77. The Morgan fingerprint density at radius 2 is 2.10 bits per heavy atom. The first kappa shape index (κ1) is 15.3. The van der Waals surface area contributed by atoms with Crippen LogP contribution in [0.2, 0.25) is 0 Å². The summed E-state index contributed by atoms with van der Waals surface area (Å²) in [5.74, 6) is 2.62. The van der Waals surface area contributed by atoms with Crippen LogP contribution in [0.5, 0.6) is 0 Å². The van der Waals surface area contributed by atoms with Gasteiger partial charge < -0.3 is 10.4 Å². The van der Waals surface area contributed by atoms with Gasteiger partial charge in [0, 0.05) is 18.6 Å². The second-order valence-electron chi connectivity index (χ2n) is 7.47. The van der Waals surface area contributed by atoms with Crippen LogP contribution in [0.1, 0.15) is 51.9 Å². The molecule has 0 saturated heterocycles. The average Bonchev–Trinajstić information content (AvgIpc) is 2.98. The van der Waals surface area contributed by atoms with Crippen LogP contribution in [0, 0.1) is 17.8 Å². The Hall–Kier alpha value is -0.610. The fraction of sp³-hybridized carbons (Fsp3) is 0.941. The van der Waals surface area contributed by atoms with Crippen molar-refractivity contribution in [2.75, 3.05) is 19.7 Å². The van der Waals surface area contributed by atoms with E-state index in [-0.39, 0.29) is 12.5 Å². The van der Waals surface area contributed by atoms with E-state index < -0.39 is 0 Å². The van der Waals surface area contributed by atoms with Crippen molar-refractivity contribution in [2.24, 2.45) is 17.8 Å². The van der Waals surface area contributed by atoms with Crippen molar-refractivity contribution in [1.29, 1.82) is 0 Å². The summed E-state index contributed by atoms with van der Waals surface area (Å²) in [5.41, 5.74) is 0. The topological polar surface area (TPSA) is 52.6 Å². The van der Waals surface area contributed by atoms with Gasteiger partial charge in [0.15, 0.2) is 0 Å². The molecule has 3 saturated carbocycles. The summed E-state index contributed by atoms with van der Waals surface area (Å²) in [7, 11) is 0. The van der Waals surface area contributed by atoms with Crippen molar-refractivity contribution in [2.45, 2.75) is 64.0 Å². The minimum atomic E-state index is 0.144. The molecule has 0 radical (unpaired) electrons. The molecule has 0 aliphatic heterocycles. The van der Waals surface area contributed by atoms with Crippen molar-refractivity contribution in [1.82, 2.24) is 10.2 Å². The number of rotatable bonds is 7. The van der Waals surface area contributed by atoms with E-state index in [0.29, 0.717) is 31.1 Å². The molecule has 3 aliphatic carbocycles. The quantitative estimate of drug-likeness (QED) is 0.752. The minimum Gasteiger partial charge on any atom is -0.395 e. The fourth-order valence-electron chi connectivity index (χ4n) is 4.77. The summed E-state index contributed by atoms with van der Waals surface area (Å²) in [5, 5.41) is 12.4. The first-order valence-electron chi connectivity index (χ1n) is 8.81. The molecule has 3 rings (SSSR count). The Morgan fingerprint density at radius 1 is 1.29 bits per heavy atom. The standard InChI is InChI=1S/C17H30N2O2/c1-12(16-10-13-5-6-14(16)9-13)18-17(21)11-19(7-8-20)15-3-2-4-15/h12-16,20H,2-11H2,1H3,(H,18,21). The Labute approximate surface area is 128 Å². The van der Waals surface area contributed by atoms with Crippen LogP contribution in [0.4, 0.5) is 0 Å². The summed E-state index contributed by atoms with van der Waals surface area (Å²) < 4.78 is 0. The summed E-state index contributed by atoms with van der Waals surface area (Å²) in [4.78, 5) is 14.5. The number of carbonyl (C=O) groups excluding carboxylic acids is 1. The molecule has 4 nitrogen and oxygen atoms in total. The molecule has 3 fully saturated rings. The van der Waals surface area contributed by atoms with Crippen molar-refractivity contribution in [3.8, 4) is 0 Å². The van der Waals surface area contributed by atoms with E-state index in [2.05, 4.69) is 17.1 Å². The molecule has 1 amide bonds. The zero-order valence-electron chi connectivity index (χ0n) is 13.3. The lowest BCUT2D eigenvalue weighted by molar-refractivity contribution is -0.124. The van der Waals surface area contributed by atoms with Crippen LogP contribution in [0.25, 0.3) is 0 Å². The predicted molar refractivity (Wildman–Crippen MR) is 82.8 cm³/mol. The minimum absolute atomic E-state index is 0.144. The van der Waals surface area contributed by atoms with Gasteiger partial charge in [-0.05, 0) is 56.8 Å². The van der Waals surface area contributed by atoms with Gasteiger partial charge in [-0.3, -0.25) is 9.69 Å². The number of nitrogens with one attached hydrogen (secondary N) is 1. The molecule has 0 aromatic carbocycles. The lowest BCUT2D eigenvalue weighted by Crippen LogP contribution is -2.49. The monoisotopic (exact) mass is 294 g/mol. The first-order chi connectivity index (χ1) is 10.2. The highest BCUT2D eigenvalue weighted by molar-refractivity contribution is 5.78. The van der Waals surface area contributed by atoms with Crippen LogP contribution in [-0.2, 0) is 4.79 Å². The maximum Gasteiger partial charge on any atom is 0.234 e. The molecular weight excluding hydrogens is 264 g/mol. The maximum absolute atomic E-state index is 12.3. The second-order valence-corrected chi connectivity index (χ2v) is 7.47. The van der Waals surface area contributed by atoms with Crippen LogP contribution in [0.3, 0.4) is 0 Å². The van der Waals surface area contributed by atoms with Gasteiger partial charge in [0.05, 0.1) is 13.2 Å². The SMILES string of the molecule is CC(NC(=O)CN(CCO)C1CCC1)C1CC2CCC1C2. The van der Waals surface area contributed by atoms with Gasteiger partial charge in [-0.1, -0.05) is 12.8 Å². The smallest absolute Gasteiger partial charge is 0.234 e. The summed E-state index contributed by atoms with van der Waals surface area (Å²) >= 11 is 0. The third kappa shape index (κ3) is 3.42. The molecule has 4 unspecified atom stereocenters. The molecule has 21 heavy (non-hydrogen) atoms. The van der Waals surface area contributed by atoms with Gasteiger partial charge in [0.2, 0.25) is 5.91 Å². The van der Waals surface area contributed by atoms with Crippen LogP contribution < -0.4 is 5.32 Å². The van der Waals surface area contributed by atoms with Crippen molar-refractivity contribution >= 4 is 5.91 Å². The third-order valence-corrected chi connectivity index (χ3v) is 6.15. The molecule has 0 spiro atoms. The van der Waals surface area contributed by atoms with E-state index in [4.69, 9.17) is 0 Å². The molecule has 0 aromatic rings. The third-order valence-electron chi connectivity index (χ3n) is 6.15. The number of hydrogen-bond donors (Lipinski definition) is 2. The van der Waals surface area contributed by atoms with Gasteiger partial charge in [-0.25, -0.2) is 0 Å². The van der Waals surface area contributed by atoms with E-state index in [1.54, 1.807) is 0 Å². The van der Waals surface area contributed by atoms with Crippen LogP contribution in [0.15, 0.2) is 0 Å². The molecule has 3 aliphatic rings. The molecule has 2 bridgehead atoms. The zero-order chi connectivity index (χ0) is 14.8. The molecule has 0 heterocycles. The summed E-state index contributed by atoms with van der Waals surface area (Å²) in [6.45, 7) is 3.41. The van der Waals surface area contributed by atoms with Gasteiger partial charge >= 0.3 is 0 Å². The molecular formula is C17H30N2O2. The van der Waals surface area contributed by atoms with E-state index in [1.807, 2.05) is 0 Å². The number of aliphatic hydroxyl groups excluding tert-OH is 1.